The van der Waals surface area contributed by atoms with E-state index < -0.39 is 36.7 Å². The Morgan fingerprint density at radius 1 is 1.12 bits per heavy atom. The molecule has 1 aromatic carbocycles. The highest BCUT2D eigenvalue weighted by molar-refractivity contribution is 5.87. The van der Waals surface area contributed by atoms with Gasteiger partial charge in [0.25, 0.3) is 0 Å². The van der Waals surface area contributed by atoms with Gasteiger partial charge in [0.15, 0.2) is 6.29 Å². The van der Waals surface area contributed by atoms with Crippen LogP contribution in [-0.4, -0.2) is 68.7 Å². The summed E-state index contributed by atoms with van der Waals surface area (Å²) in [5.74, 6) is -0.536. The van der Waals surface area contributed by atoms with E-state index in [1.165, 1.54) is 0 Å². The summed E-state index contributed by atoms with van der Waals surface area (Å²) in [6.07, 6.45) is -5.68. The number of benzene rings is 1. The maximum absolute atomic E-state index is 12.0. The molecule has 24 heavy (non-hydrogen) atoms. The maximum atomic E-state index is 12.0. The SMILES string of the molecule is O=C(Cc1c[nH]c2ccccc12)OCC1OC(O)C(O)C(O)C1O. The molecular formula is C16H19NO7. The fourth-order valence-electron chi connectivity index (χ4n) is 2.73. The minimum absolute atomic E-state index is 0.0283. The normalized spacial score (nSPS) is 30.4. The van der Waals surface area contributed by atoms with E-state index in [4.69, 9.17) is 9.47 Å². The number of H-pyrrole nitrogens is 1. The first-order valence-corrected chi connectivity index (χ1v) is 7.55. The van der Waals surface area contributed by atoms with Crippen molar-refractivity contribution in [2.75, 3.05) is 6.61 Å². The summed E-state index contributed by atoms with van der Waals surface area (Å²) in [5.41, 5.74) is 1.68. The summed E-state index contributed by atoms with van der Waals surface area (Å²) in [6.45, 7) is -0.344. The van der Waals surface area contributed by atoms with Crippen molar-refractivity contribution < 1.29 is 34.7 Å². The number of aromatic nitrogens is 1. The summed E-state index contributed by atoms with van der Waals surface area (Å²) in [5, 5.41) is 39.1. The van der Waals surface area contributed by atoms with Gasteiger partial charge in [-0.1, -0.05) is 18.2 Å². The van der Waals surface area contributed by atoms with E-state index in [1.807, 2.05) is 24.3 Å². The average Bonchev–Trinajstić information content (AvgIpc) is 2.98. The molecule has 5 atom stereocenters. The van der Waals surface area contributed by atoms with Gasteiger partial charge in [0.1, 0.15) is 31.0 Å². The molecule has 0 saturated carbocycles. The fraction of sp³-hybridized carbons (Fsp3) is 0.438. The first-order valence-electron chi connectivity index (χ1n) is 7.55. The molecule has 0 radical (unpaired) electrons. The number of aliphatic hydroxyl groups is 4. The molecule has 1 aromatic heterocycles. The molecule has 5 unspecified atom stereocenters. The van der Waals surface area contributed by atoms with Gasteiger partial charge in [-0.05, 0) is 11.6 Å². The van der Waals surface area contributed by atoms with E-state index >= 15 is 0 Å². The first-order chi connectivity index (χ1) is 11.5. The molecule has 1 saturated heterocycles. The van der Waals surface area contributed by atoms with Crippen LogP contribution in [0.2, 0.25) is 0 Å². The lowest BCUT2D eigenvalue weighted by Gasteiger charge is -2.37. The van der Waals surface area contributed by atoms with Crippen molar-refractivity contribution in [2.24, 2.45) is 0 Å². The van der Waals surface area contributed by atoms with Crippen LogP contribution in [0, 0.1) is 0 Å². The van der Waals surface area contributed by atoms with Gasteiger partial charge in [-0.25, -0.2) is 0 Å². The molecule has 0 spiro atoms. The van der Waals surface area contributed by atoms with Crippen LogP contribution >= 0.6 is 0 Å². The summed E-state index contributed by atoms with van der Waals surface area (Å²) in [7, 11) is 0. The van der Waals surface area contributed by atoms with Crippen LogP contribution in [0.4, 0.5) is 0 Å². The standard InChI is InChI=1S/C16H19NO7/c18-12(5-8-6-17-10-4-2-1-3-9(8)10)23-7-11-13(19)14(20)15(21)16(22)24-11/h1-4,6,11,13-17,19-22H,5,7H2. The minimum atomic E-state index is -1.65. The van der Waals surface area contributed by atoms with E-state index in [2.05, 4.69) is 4.98 Å². The fourth-order valence-corrected chi connectivity index (χ4v) is 2.73. The molecule has 2 aromatic rings. The number of hydrogen-bond acceptors (Lipinski definition) is 7. The molecule has 130 valence electrons. The van der Waals surface area contributed by atoms with E-state index in [1.54, 1.807) is 6.20 Å². The molecule has 0 aliphatic carbocycles. The molecule has 8 nitrogen and oxygen atoms in total. The lowest BCUT2D eigenvalue weighted by molar-refractivity contribution is -0.287. The van der Waals surface area contributed by atoms with E-state index in [9.17, 15) is 25.2 Å². The summed E-state index contributed by atoms with van der Waals surface area (Å²) >= 11 is 0. The van der Waals surface area contributed by atoms with E-state index in [0.717, 1.165) is 16.5 Å². The Kier molecular flexibility index (Phi) is 4.83. The highest BCUT2D eigenvalue weighted by Gasteiger charge is 2.43. The van der Waals surface area contributed by atoms with Crippen LogP contribution in [0.25, 0.3) is 10.9 Å². The number of hydrogen-bond donors (Lipinski definition) is 5. The van der Waals surface area contributed by atoms with Crippen molar-refractivity contribution in [1.29, 1.82) is 0 Å². The van der Waals surface area contributed by atoms with Gasteiger partial charge in [0, 0.05) is 17.1 Å². The molecule has 2 heterocycles. The van der Waals surface area contributed by atoms with Crippen LogP contribution in [0.5, 0.6) is 0 Å². The van der Waals surface area contributed by atoms with Crippen LogP contribution in [0.15, 0.2) is 30.5 Å². The van der Waals surface area contributed by atoms with Crippen LogP contribution in [-0.2, 0) is 20.7 Å². The number of ether oxygens (including phenoxy) is 2. The number of esters is 1. The molecule has 1 aliphatic rings. The van der Waals surface area contributed by atoms with Crippen molar-refractivity contribution in [3.8, 4) is 0 Å². The molecule has 3 rings (SSSR count). The number of carbonyl (C=O) groups is 1. The average molecular weight is 337 g/mol. The van der Waals surface area contributed by atoms with Crippen molar-refractivity contribution in [2.45, 2.75) is 37.1 Å². The van der Waals surface area contributed by atoms with Crippen LogP contribution in [0.3, 0.4) is 0 Å². The number of fused-ring (bicyclic) bond motifs is 1. The lowest BCUT2D eigenvalue weighted by Crippen LogP contribution is -2.58. The van der Waals surface area contributed by atoms with Gasteiger partial charge >= 0.3 is 5.97 Å². The minimum Gasteiger partial charge on any atom is -0.463 e. The largest absolute Gasteiger partial charge is 0.463 e. The van der Waals surface area contributed by atoms with Crippen molar-refractivity contribution in [1.82, 2.24) is 4.98 Å². The van der Waals surface area contributed by atoms with Crippen molar-refractivity contribution >= 4 is 16.9 Å². The zero-order valence-electron chi connectivity index (χ0n) is 12.7. The van der Waals surface area contributed by atoms with Crippen LogP contribution in [0.1, 0.15) is 5.56 Å². The van der Waals surface area contributed by atoms with Gasteiger partial charge < -0.3 is 34.9 Å². The second-order valence-electron chi connectivity index (χ2n) is 5.76. The predicted molar refractivity (Wildman–Crippen MR) is 81.9 cm³/mol. The number of carbonyl (C=O) groups excluding carboxylic acids is 1. The van der Waals surface area contributed by atoms with Gasteiger partial charge in [0.05, 0.1) is 6.42 Å². The molecule has 0 bridgehead atoms. The lowest BCUT2D eigenvalue weighted by atomic mass is 9.99. The topological polar surface area (TPSA) is 132 Å². The number of aromatic amines is 1. The third-order valence-corrected chi connectivity index (χ3v) is 4.11. The molecule has 0 amide bonds. The Bertz CT molecular complexity index is 715. The van der Waals surface area contributed by atoms with Gasteiger partial charge in [-0.2, -0.15) is 0 Å². The van der Waals surface area contributed by atoms with Crippen molar-refractivity contribution in [3.05, 3.63) is 36.0 Å². The highest BCUT2D eigenvalue weighted by Crippen LogP contribution is 2.21. The zero-order chi connectivity index (χ0) is 17.3. The van der Waals surface area contributed by atoms with E-state index in [0.29, 0.717) is 0 Å². The zero-order valence-corrected chi connectivity index (χ0v) is 12.7. The highest BCUT2D eigenvalue weighted by atomic mass is 16.6. The molecular weight excluding hydrogens is 318 g/mol. The molecule has 8 heteroatoms. The van der Waals surface area contributed by atoms with E-state index in [-0.39, 0.29) is 13.0 Å². The number of para-hydroxylation sites is 1. The third kappa shape index (κ3) is 3.28. The molecule has 1 aliphatic heterocycles. The summed E-state index contributed by atoms with van der Waals surface area (Å²) in [4.78, 5) is 15.0. The molecule has 1 fully saturated rings. The van der Waals surface area contributed by atoms with Crippen LogP contribution < -0.4 is 0 Å². The first kappa shape index (κ1) is 16.9. The number of rotatable bonds is 4. The number of nitrogens with one attached hydrogen (secondary N) is 1. The Morgan fingerprint density at radius 3 is 2.67 bits per heavy atom. The maximum Gasteiger partial charge on any atom is 0.310 e. The monoisotopic (exact) mass is 337 g/mol. The Labute approximate surface area is 137 Å². The number of aliphatic hydroxyl groups excluding tert-OH is 4. The van der Waals surface area contributed by atoms with Crippen molar-refractivity contribution in [3.63, 3.8) is 0 Å². The predicted octanol–water partition coefficient (Wildman–Crippen LogP) is -0.947. The van der Waals surface area contributed by atoms with Gasteiger partial charge in [-0.15, -0.1) is 0 Å². The summed E-state index contributed by atoms with van der Waals surface area (Å²) in [6, 6.07) is 7.53. The Hall–Kier alpha value is -1.97. The smallest absolute Gasteiger partial charge is 0.310 e. The second kappa shape index (κ2) is 6.88. The third-order valence-electron chi connectivity index (χ3n) is 4.11. The second-order valence-corrected chi connectivity index (χ2v) is 5.76. The molecule has 5 N–H and O–H groups in total. The van der Waals surface area contributed by atoms with Gasteiger partial charge in [-0.3, -0.25) is 4.79 Å². The Morgan fingerprint density at radius 2 is 1.88 bits per heavy atom. The summed E-state index contributed by atoms with van der Waals surface area (Å²) < 4.78 is 10.0. The van der Waals surface area contributed by atoms with Gasteiger partial charge in [0.2, 0.25) is 0 Å². The Balaban J connectivity index is 1.58. The quantitative estimate of drug-likeness (QED) is 0.455.